The Morgan fingerprint density at radius 3 is 2.02 bits per heavy atom. The number of ether oxygens (including phenoxy) is 2. The number of aromatic nitrogens is 4. The molecule has 2 aliphatic heterocycles. The molecule has 2 saturated heterocycles. The first-order chi connectivity index (χ1) is 24.3. The number of carbonyl (C=O) groups excluding carboxylic acids is 2. The lowest BCUT2D eigenvalue weighted by Gasteiger charge is -2.35. The molecule has 0 saturated carbocycles. The van der Waals surface area contributed by atoms with Crippen molar-refractivity contribution in [3.63, 3.8) is 0 Å². The fourth-order valence-electron chi connectivity index (χ4n) is 7.66. The Morgan fingerprint density at radius 2 is 1.31 bits per heavy atom. The number of aryl methyl sites for hydroxylation is 2. The molecule has 3 aliphatic rings. The summed E-state index contributed by atoms with van der Waals surface area (Å²) in [5.41, 5.74) is 7.85. The maximum absolute atomic E-state index is 13.2. The van der Waals surface area contributed by atoms with Gasteiger partial charge >= 0.3 is 12.2 Å². The predicted octanol–water partition coefficient (Wildman–Crippen LogP) is 9.55. The molecule has 4 heterocycles. The Kier molecular flexibility index (Phi) is 9.46. The fraction of sp³-hybridized carbons (Fsp3) is 0.512. The summed E-state index contributed by atoms with van der Waals surface area (Å²) in [6.45, 7) is 12.8. The van der Waals surface area contributed by atoms with Crippen molar-refractivity contribution in [2.24, 2.45) is 0 Å². The molecular weight excluding hydrogens is 640 g/mol. The van der Waals surface area contributed by atoms with Crippen LogP contribution in [0.5, 0.6) is 0 Å². The van der Waals surface area contributed by atoms with Gasteiger partial charge in [-0.2, -0.15) is 0 Å². The number of hydrogen-bond donors (Lipinski definition) is 2. The number of hydrogen-bond acceptors (Lipinski definition) is 6. The van der Waals surface area contributed by atoms with E-state index in [1.54, 1.807) is 4.90 Å². The molecule has 0 spiro atoms. The van der Waals surface area contributed by atoms with Gasteiger partial charge in [0.05, 0.1) is 29.7 Å². The maximum Gasteiger partial charge on any atom is 0.410 e. The van der Waals surface area contributed by atoms with Gasteiger partial charge in [0.1, 0.15) is 22.9 Å². The van der Waals surface area contributed by atoms with Crippen molar-refractivity contribution >= 4 is 12.2 Å². The van der Waals surface area contributed by atoms with Gasteiger partial charge in [0, 0.05) is 24.3 Å². The van der Waals surface area contributed by atoms with Gasteiger partial charge in [0.2, 0.25) is 0 Å². The monoisotopic (exact) mass is 692 g/mol. The molecule has 2 amide bonds. The zero-order valence-electron chi connectivity index (χ0n) is 31.0. The molecule has 4 aromatic rings. The second-order valence-corrected chi connectivity index (χ2v) is 16.3. The van der Waals surface area contributed by atoms with Gasteiger partial charge in [-0.25, -0.2) is 19.6 Å². The molecule has 270 valence electrons. The molecule has 2 N–H and O–H groups in total. The number of rotatable bonds is 4. The molecule has 0 unspecified atom stereocenters. The third-order valence-electron chi connectivity index (χ3n) is 10.0. The third kappa shape index (κ3) is 7.70. The molecule has 2 atom stereocenters. The number of aromatic amines is 2. The number of nitrogens with zero attached hydrogens (tertiary/aromatic N) is 4. The quantitative estimate of drug-likeness (QED) is 0.220. The first kappa shape index (κ1) is 34.8. The summed E-state index contributed by atoms with van der Waals surface area (Å²) in [5.74, 6) is 1.66. The molecule has 2 aromatic heterocycles. The number of carbonyl (C=O) groups is 2. The van der Waals surface area contributed by atoms with Gasteiger partial charge in [-0.15, -0.1) is 0 Å². The minimum absolute atomic E-state index is 0.115. The summed E-state index contributed by atoms with van der Waals surface area (Å²) >= 11 is 0. The normalized spacial score (nSPS) is 19.6. The second kappa shape index (κ2) is 13.8. The van der Waals surface area contributed by atoms with Gasteiger partial charge in [0.25, 0.3) is 0 Å². The van der Waals surface area contributed by atoms with Crippen LogP contribution in [-0.4, -0.2) is 66.2 Å². The highest BCUT2D eigenvalue weighted by Crippen LogP contribution is 2.38. The van der Waals surface area contributed by atoms with Crippen LogP contribution in [0.25, 0.3) is 33.6 Å². The molecule has 7 rings (SSSR count). The summed E-state index contributed by atoms with van der Waals surface area (Å²) < 4.78 is 11.4. The molecule has 2 fully saturated rings. The lowest BCUT2D eigenvalue weighted by atomic mass is 9.90. The van der Waals surface area contributed by atoms with Crippen molar-refractivity contribution < 1.29 is 19.1 Å². The van der Waals surface area contributed by atoms with Crippen LogP contribution in [0.3, 0.4) is 0 Å². The van der Waals surface area contributed by atoms with Crippen molar-refractivity contribution in [2.45, 2.75) is 123 Å². The van der Waals surface area contributed by atoms with E-state index in [0.717, 1.165) is 97.6 Å². The van der Waals surface area contributed by atoms with Gasteiger partial charge < -0.3 is 19.4 Å². The summed E-state index contributed by atoms with van der Waals surface area (Å²) in [5, 5.41) is 0. The van der Waals surface area contributed by atoms with Crippen LogP contribution in [0.2, 0.25) is 0 Å². The van der Waals surface area contributed by atoms with E-state index in [1.165, 1.54) is 16.7 Å². The standard InChI is InChI=1S/C41H52N6O4/c1-40(2,3)50-38(48)46-22-10-9-14-34(46)37-43-31-13-8-7-12-29-24-28(20-21-30(29)35(31)45-37)26-16-18-27(19-17-26)32-25-42-36(44-32)33-15-11-23-47(33)39(49)51-41(4,5)6/h16-21,24-25,33-34H,7-15,22-23H2,1-6H3,(H,42,44)(H,43,45)/t33-,34-/m0/s1. The number of benzene rings is 2. The second-order valence-electron chi connectivity index (χ2n) is 16.3. The van der Waals surface area contributed by atoms with Crippen molar-refractivity contribution in [2.75, 3.05) is 13.1 Å². The fourth-order valence-corrected chi connectivity index (χ4v) is 7.66. The van der Waals surface area contributed by atoms with E-state index in [-0.39, 0.29) is 24.3 Å². The number of nitrogens with one attached hydrogen (secondary N) is 2. The van der Waals surface area contributed by atoms with Crippen molar-refractivity contribution in [3.8, 4) is 33.6 Å². The molecule has 2 aromatic carbocycles. The Balaban J connectivity index is 1.10. The highest BCUT2D eigenvalue weighted by atomic mass is 16.6. The number of piperidine rings is 1. The number of amides is 2. The van der Waals surface area contributed by atoms with Crippen LogP contribution in [0.4, 0.5) is 9.59 Å². The zero-order valence-corrected chi connectivity index (χ0v) is 31.0. The van der Waals surface area contributed by atoms with Crippen LogP contribution in [0, 0.1) is 0 Å². The average Bonchev–Trinajstić information content (AvgIpc) is 3.84. The minimum Gasteiger partial charge on any atom is -0.444 e. The van der Waals surface area contributed by atoms with Crippen LogP contribution in [0.15, 0.2) is 48.7 Å². The van der Waals surface area contributed by atoms with Gasteiger partial charge in [0.15, 0.2) is 0 Å². The van der Waals surface area contributed by atoms with E-state index in [0.29, 0.717) is 13.1 Å². The Morgan fingerprint density at radius 1 is 0.706 bits per heavy atom. The van der Waals surface area contributed by atoms with Crippen molar-refractivity contribution in [1.29, 1.82) is 0 Å². The van der Waals surface area contributed by atoms with E-state index in [4.69, 9.17) is 14.5 Å². The highest BCUT2D eigenvalue weighted by molar-refractivity contribution is 5.75. The SMILES string of the molecule is CC(C)(C)OC(=O)N1CCC[C@H]1c1ncc(-c2ccc(-c3ccc4c(c3)CCCCc3[nH]c([C@@H]5CCCCN5C(=O)OC(C)(C)C)nc3-4)cc2)[nH]1. The molecule has 10 nitrogen and oxygen atoms in total. The van der Waals surface area contributed by atoms with Gasteiger partial charge in [-0.3, -0.25) is 9.80 Å². The Labute approximate surface area is 301 Å². The van der Waals surface area contributed by atoms with E-state index in [2.05, 4.69) is 57.4 Å². The van der Waals surface area contributed by atoms with Crippen LogP contribution >= 0.6 is 0 Å². The van der Waals surface area contributed by atoms with E-state index < -0.39 is 11.2 Å². The molecule has 0 bridgehead atoms. The minimum atomic E-state index is -0.543. The van der Waals surface area contributed by atoms with Crippen LogP contribution < -0.4 is 0 Å². The topological polar surface area (TPSA) is 116 Å². The average molecular weight is 693 g/mol. The highest BCUT2D eigenvalue weighted by Gasteiger charge is 2.36. The Bertz CT molecular complexity index is 1880. The summed E-state index contributed by atoms with van der Waals surface area (Å²) in [4.78, 5) is 46.8. The summed E-state index contributed by atoms with van der Waals surface area (Å²) in [6.07, 6.45) is 10.1. The lowest BCUT2D eigenvalue weighted by molar-refractivity contribution is 0.00845. The first-order valence-electron chi connectivity index (χ1n) is 18.7. The molecule has 1 aliphatic carbocycles. The van der Waals surface area contributed by atoms with Crippen LogP contribution in [0.1, 0.15) is 121 Å². The van der Waals surface area contributed by atoms with Crippen molar-refractivity contribution in [1.82, 2.24) is 29.7 Å². The number of fused-ring (bicyclic) bond motifs is 3. The first-order valence-corrected chi connectivity index (χ1v) is 18.7. The number of likely N-dealkylation sites (tertiary alicyclic amines) is 2. The molecule has 51 heavy (non-hydrogen) atoms. The molecular formula is C41H52N6O4. The van der Waals surface area contributed by atoms with Crippen molar-refractivity contribution in [3.05, 3.63) is 71.6 Å². The summed E-state index contributed by atoms with van der Waals surface area (Å²) in [6, 6.07) is 15.1. The van der Waals surface area contributed by atoms with Gasteiger partial charge in [-0.1, -0.05) is 42.5 Å². The van der Waals surface area contributed by atoms with E-state index in [9.17, 15) is 9.59 Å². The van der Waals surface area contributed by atoms with Crippen LogP contribution in [-0.2, 0) is 22.3 Å². The van der Waals surface area contributed by atoms with Gasteiger partial charge in [-0.05, 0) is 122 Å². The smallest absolute Gasteiger partial charge is 0.410 e. The molecule has 10 heteroatoms. The maximum atomic E-state index is 13.2. The molecule has 0 radical (unpaired) electrons. The van der Waals surface area contributed by atoms with E-state index >= 15 is 0 Å². The third-order valence-corrected chi connectivity index (χ3v) is 10.0. The summed E-state index contributed by atoms with van der Waals surface area (Å²) in [7, 11) is 0. The number of imidazole rings is 2. The number of H-pyrrole nitrogens is 2. The largest absolute Gasteiger partial charge is 0.444 e. The lowest BCUT2D eigenvalue weighted by Crippen LogP contribution is -2.42. The Hall–Kier alpha value is -4.60. The van der Waals surface area contributed by atoms with E-state index in [1.807, 2.05) is 52.6 Å². The zero-order chi connectivity index (χ0) is 35.9. The predicted molar refractivity (Wildman–Crippen MR) is 198 cm³/mol.